The number of esters is 1. The first-order valence-corrected chi connectivity index (χ1v) is 13.8. The Labute approximate surface area is 240 Å². The van der Waals surface area contributed by atoms with Crippen molar-refractivity contribution in [2.24, 2.45) is 5.10 Å². The molecule has 0 saturated heterocycles. The molecule has 4 aromatic carbocycles. The normalized spacial score (nSPS) is 11.2. The monoisotopic (exact) mass is 597 g/mol. The molecule has 0 aliphatic rings. The molecule has 0 aliphatic heterocycles. The van der Waals surface area contributed by atoms with Crippen molar-refractivity contribution in [1.82, 2.24) is 5.43 Å². The second kappa shape index (κ2) is 12.6. The Balaban J connectivity index is 1.36. The summed E-state index contributed by atoms with van der Waals surface area (Å²) in [6.45, 7) is 0. The molecule has 9 nitrogen and oxygen atoms in total. The maximum atomic E-state index is 12.5. The zero-order valence-electron chi connectivity index (χ0n) is 20.8. The van der Waals surface area contributed by atoms with Gasteiger partial charge in [-0.05, 0) is 78.4 Å². The molecule has 0 radical (unpaired) electrons. The standard InChI is InChI=1S/C28H21Cl2N3O6S/c1-38-26-15-18(7-14-25(26)39-28(35)20-10-13-23(29)24(30)16-20)17-31-32-27(34)19-8-11-21(12-9-19)33-40(36,37)22-5-3-2-4-6-22/h2-17,33H,1H3,(H,32,34)/b31-17+. The van der Waals surface area contributed by atoms with Gasteiger partial charge in [-0.1, -0.05) is 41.4 Å². The third-order valence-corrected chi connectivity index (χ3v) is 7.51. The maximum Gasteiger partial charge on any atom is 0.343 e. The van der Waals surface area contributed by atoms with Crippen LogP contribution in [0.4, 0.5) is 5.69 Å². The van der Waals surface area contributed by atoms with Crippen LogP contribution in [0.1, 0.15) is 26.3 Å². The van der Waals surface area contributed by atoms with Crippen LogP contribution >= 0.6 is 23.2 Å². The van der Waals surface area contributed by atoms with Gasteiger partial charge in [-0.15, -0.1) is 0 Å². The molecule has 0 aliphatic carbocycles. The minimum Gasteiger partial charge on any atom is -0.493 e. The summed E-state index contributed by atoms with van der Waals surface area (Å²) >= 11 is 11.9. The third kappa shape index (κ3) is 7.17. The van der Waals surface area contributed by atoms with Crippen molar-refractivity contribution in [2.45, 2.75) is 4.90 Å². The SMILES string of the molecule is COc1cc(/C=N/NC(=O)c2ccc(NS(=O)(=O)c3ccccc3)cc2)ccc1OC(=O)c1ccc(Cl)c(Cl)c1. The fourth-order valence-electron chi connectivity index (χ4n) is 3.36. The van der Waals surface area contributed by atoms with E-state index in [0.717, 1.165) is 0 Å². The number of nitrogens with one attached hydrogen (secondary N) is 2. The average Bonchev–Trinajstić information content (AvgIpc) is 2.95. The number of hydrogen-bond acceptors (Lipinski definition) is 7. The molecule has 12 heteroatoms. The first-order valence-electron chi connectivity index (χ1n) is 11.5. The van der Waals surface area contributed by atoms with Crippen LogP contribution in [0.5, 0.6) is 11.5 Å². The summed E-state index contributed by atoms with van der Waals surface area (Å²) in [5.74, 6) is -0.725. The lowest BCUT2D eigenvalue weighted by Crippen LogP contribution is -2.18. The van der Waals surface area contributed by atoms with Gasteiger partial charge in [-0.2, -0.15) is 5.10 Å². The van der Waals surface area contributed by atoms with Crippen LogP contribution in [0.15, 0.2) is 101 Å². The molecule has 0 bridgehead atoms. The first-order chi connectivity index (χ1) is 19.2. The van der Waals surface area contributed by atoms with E-state index in [4.69, 9.17) is 32.7 Å². The number of hydrogen-bond donors (Lipinski definition) is 2. The van der Waals surface area contributed by atoms with E-state index in [0.29, 0.717) is 16.3 Å². The summed E-state index contributed by atoms with van der Waals surface area (Å²) in [6, 6.07) is 22.9. The van der Waals surface area contributed by atoms with Crippen LogP contribution in [0, 0.1) is 0 Å². The third-order valence-electron chi connectivity index (χ3n) is 5.38. The van der Waals surface area contributed by atoms with Gasteiger partial charge >= 0.3 is 5.97 Å². The number of hydrazone groups is 1. The van der Waals surface area contributed by atoms with Crippen LogP contribution in [0.2, 0.25) is 10.0 Å². The molecular formula is C28H21Cl2N3O6S. The van der Waals surface area contributed by atoms with Gasteiger partial charge in [-0.25, -0.2) is 18.6 Å². The van der Waals surface area contributed by atoms with Gasteiger partial charge in [0.05, 0.1) is 33.8 Å². The quantitative estimate of drug-likeness (QED) is 0.109. The lowest BCUT2D eigenvalue weighted by atomic mass is 10.2. The smallest absolute Gasteiger partial charge is 0.343 e. The highest BCUT2D eigenvalue weighted by Gasteiger charge is 2.15. The van der Waals surface area contributed by atoms with Crippen molar-refractivity contribution in [3.63, 3.8) is 0 Å². The second-order valence-corrected chi connectivity index (χ2v) is 10.6. The molecule has 0 fully saturated rings. The summed E-state index contributed by atoms with van der Waals surface area (Å²) in [6.07, 6.45) is 1.38. The minimum absolute atomic E-state index is 0.125. The Bertz CT molecular complexity index is 1680. The molecular weight excluding hydrogens is 577 g/mol. The second-order valence-electron chi connectivity index (χ2n) is 8.12. The predicted molar refractivity (Wildman–Crippen MR) is 153 cm³/mol. The van der Waals surface area contributed by atoms with Crippen LogP contribution in [0.25, 0.3) is 0 Å². The molecule has 0 aromatic heterocycles. The summed E-state index contributed by atoms with van der Waals surface area (Å²) in [5, 5.41) is 4.48. The maximum absolute atomic E-state index is 12.5. The van der Waals surface area contributed by atoms with Gasteiger partial charge in [0.2, 0.25) is 0 Å². The number of nitrogens with zero attached hydrogens (tertiary/aromatic N) is 1. The molecule has 4 rings (SSSR count). The zero-order chi connectivity index (χ0) is 28.7. The van der Waals surface area contributed by atoms with Gasteiger partial charge in [-0.3, -0.25) is 9.52 Å². The van der Waals surface area contributed by atoms with Gasteiger partial charge < -0.3 is 9.47 Å². The fourth-order valence-corrected chi connectivity index (χ4v) is 4.74. The summed E-state index contributed by atoms with van der Waals surface area (Å²) in [7, 11) is -2.33. The number of rotatable bonds is 9. The highest BCUT2D eigenvalue weighted by atomic mass is 35.5. The fraction of sp³-hybridized carbons (Fsp3) is 0.0357. The Hall–Kier alpha value is -4.38. The number of amides is 1. The largest absolute Gasteiger partial charge is 0.493 e. The van der Waals surface area contributed by atoms with Gasteiger partial charge in [0.15, 0.2) is 11.5 Å². The Kier molecular flexibility index (Phi) is 9.05. The number of methoxy groups -OCH3 is 1. The summed E-state index contributed by atoms with van der Waals surface area (Å²) in [4.78, 5) is 25.1. The van der Waals surface area contributed by atoms with E-state index in [1.54, 1.807) is 30.3 Å². The van der Waals surface area contributed by atoms with Gasteiger partial charge in [0.25, 0.3) is 15.9 Å². The molecule has 1 amide bonds. The van der Waals surface area contributed by atoms with E-state index in [1.807, 2.05) is 0 Å². The minimum atomic E-state index is -3.75. The van der Waals surface area contributed by atoms with E-state index in [9.17, 15) is 18.0 Å². The Morgan fingerprint density at radius 3 is 2.20 bits per heavy atom. The van der Waals surface area contributed by atoms with Crippen LogP contribution in [0.3, 0.4) is 0 Å². The lowest BCUT2D eigenvalue weighted by molar-refractivity contribution is 0.0729. The Morgan fingerprint density at radius 2 is 1.52 bits per heavy atom. The molecule has 2 N–H and O–H groups in total. The lowest BCUT2D eigenvalue weighted by Gasteiger charge is -2.10. The van der Waals surface area contributed by atoms with E-state index in [-0.39, 0.29) is 32.5 Å². The molecule has 40 heavy (non-hydrogen) atoms. The number of ether oxygens (including phenoxy) is 2. The number of benzene rings is 4. The number of anilines is 1. The highest BCUT2D eigenvalue weighted by molar-refractivity contribution is 7.92. The van der Waals surface area contributed by atoms with Crippen molar-refractivity contribution < 1.29 is 27.5 Å². The number of carbonyl (C=O) groups excluding carboxylic acids is 2. The molecule has 0 spiro atoms. The van der Waals surface area contributed by atoms with Crippen LogP contribution in [-0.2, 0) is 10.0 Å². The van der Waals surface area contributed by atoms with Crippen LogP contribution < -0.4 is 19.6 Å². The van der Waals surface area contributed by atoms with Crippen molar-refractivity contribution in [3.05, 3.63) is 118 Å². The summed E-state index contributed by atoms with van der Waals surface area (Å²) < 4.78 is 38.1. The van der Waals surface area contributed by atoms with Gasteiger partial charge in [0, 0.05) is 11.3 Å². The van der Waals surface area contributed by atoms with E-state index >= 15 is 0 Å². The zero-order valence-corrected chi connectivity index (χ0v) is 23.1. The Morgan fingerprint density at radius 1 is 0.825 bits per heavy atom. The topological polar surface area (TPSA) is 123 Å². The molecule has 0 unspecified atom stereocenters. The van der Waals surface area contributed by atoms with Crippen molar-refractivity contribution >= 4 is 57.0 Å². The van der Waals surface area contributed by atoms with E-state index < -0.39 is 21.9 Å². The molecule has 0 heterocycles. The average molecular weight is 598 g/mol. The number of carbonyl (C=O) groups is 2. The molecule has 0 atom stereocenters. The first kappa shape index (κ1) is 28.6. The predicted octanol–water partition coefficient (Wildman–Crippen LogP) is 5.79. The van der Waals surface area contributed by atoms with E-state index in [2.05, 4.69) is 15.2 Å². The van der Waals surface area contributed by atoms with Crippen molar-refractivity contribution in [2.75, 3.05) is 11.8 Å². The van der Waals surface area contributed by atoms with E-state index in [1.165, 1.54) is 74.0 Å². The molecule has 0 saturated carbocycles. The summed E-state index contributed by atoms with van der Waals surface area (Å²) in [5.41, 5.74) is 3.73. The molecule has 204 valence electrons. The highest BCUT2D eigenvalue weighted by Crippen LogP contribution is 2.29. The van der Waals surface area contributed by atoms with Crippen LogP contribution in [-0.4, -0.2) is 33.6 Å². The van der Waals surface area contributed by atoms with Gasteiger partial charge in [0.1, 0.15) is 0 Å². The van der Waals surface area contributed by atoms with Crippen molar-refractivity contribution in [1.29, 1.82) is 0 Å². The number of sulfonamides is 1. The number of halogens is 2. The molecule has 4 aromatic rings. The van der Waals surface area contributed by atoms with Crippen molar-refractivity contribution in [3.8, 4) is 11.5 Å².